The number of halogens is 1. The van der Waals surface area contributed by atoms with Crippen LogP contribution in [-0.4, -0.2) is 43.0 Å². The molecule has 0 atom stereocenters. The zero-order valence-corrected chi connectivity index (χ0v) is 23.1. The summed E-state index contributed by atoms with van der Waals surface area (Å²) in [6.45, 7) is 1.75. The van der Waals surface area contributed by atoms with E-state index in [1.54, 1.807) is 56.5 Å². The third-order valence-corrected chi connectivity index (χ3v) is 6.64. The van der Waals surface area contributed by atoms with Gasteiger partial charge < -0.3 is 24.8 Å². The fraction of sp³-hybridized carbons (Fsp3) is 0.172. The molecule has 4 rings (SSSR count). The number of carbonyl (C=O) groups excluding carboxylic acids is 1. The van der Waals surface area contributed by atoms with Crippen molar-refractivity contribution in [3.63, 3.8) is 0 Å². The van der Waals surface area contributed by atoms with Crippen LogP contribution in [0.2, 0.25) is 0 Å². The Hall–Kier alpha value is -4.82. The zero-order chi connectivity index (χ0) is 28.6. The van der Waals surface area contributed by atoms with E-state index in [9.17, 15) is 4.79 Å². The minimum atomic E-state index is -0.516. The first-order valence-electron chi connectivity index (χ1n) is 12.0. The van der Waals surface area contributed by atoms with Crippen LogP contribution in [0.15, 0.2) is 59.8 Å². The van der Waals surface area contributed by atoms with E-state index < -0.39 is 5.82 Å². The minimum Gasteiger partial charge on any atom is -0.497 e. The summed E-state index contributed by atoms with van der Waals surface area (Å²) in [5.74, 6) is 1.20. The zero-order valence-electron chi connectivity index (χ0n) is 22.2. The van der Waals surface area contributed by atoms with Crippen LogP contribution in [0.3, 0.4) is 0 Å². The van der Waals surface area contributed by atoms with E-state index in [0.717, 1.165) is 11.8 Å². The number of methoxy groups -OCH3 is 3. The number of aryl methyl sites for hydroxylation is 1. The second kappa shape index (κ2) is 12.8. The van der Waals surface area contributed by atoms with E-state index in [1.807, 2.05) is 6.07 Å². The van der Waals surface area contributed by atoms with E-state index >= 15 is 4.39 Å². The average molecular weight is 560 g/mol. The Bertz CT molecular complexity index is 1600. The van der Waals surface area contributed by atoms with Gasteiger partial charge in [0.05, 0.1) is 44.4 Å². The first-order valence-corrected chi connectivity index (χ1v) is 13.0. The summed E-state index contributed by atoms with van der Waals surface area (Å²) >= 11 is 1.13. The minimum absolute atomic E-state index is 0.0393. The summed E-state index contributed by atoms with van der Waals surface area (Å²) in [6.07, 6.45) is 2.82. The van der Waals surface area contributed by atoms with Crippen LogP contribution < -0.4 is 24.8 Å². The van der Waals surface area contributed by atoms with Crippen molar-refractivity contribution in [2.75, 3.05) is 37.7 Å². The monoisotopic (exact) mass is 559 g/mol. The van der Waals surface area contributed by atoms with E-state index in [2.05, 4.69) is 20.6 Å². The molecule has 3 aromatic carbocycles. The Morgan fingerprint density at radius 3 is 2.42 bits per heavy atom. The smallest absolute Gasteiger partial charge is 0.234 e. The lowest BCUT2D eigenvalue weighted by Crippen LogP contribution is -2.14. The van der Waals surface area contributed by atoms with Crippen molar-refractivity contribution in [1.82, 2.24) is 9.97 Å². The highest BCUT2D eigenvalue weighted by Gasteiger charge is 2.17. The van der Waals surface area contributed by atoms with Crippen molar-refractivity contribution in [2.24, 2.45) is 0 Å². The molecule has 0 saturated heterocycles. The molecular weight excluding hydrogens is 533 g/mol. The number of anilines is 3. The topological polar surface area (TPSA) is 118 Å². The second-order valence-corrected chi connectivity index (χ2v) is 9.37. The van der Waals surface area contributed by atoms with Gasteiger partial charge in [0, 0.05) is 23.2 Å². The van der Waals surface area contributed by atoms with Gasteiger partial charge >= 0.3 is 0 Å². The van der Waals surface area contributed by atoms with E-state index in [4.69, 9.17) is 19.5 Å². The molecule has 11 heteroatoms. The molecule has 0 radical (unpaired) electrons. The normalized spacial score (nSPS) is 10.8. The molecule has 0 spiro atoms. The van der Waals surface area contributed by atoms with Gasteiger partial charge in [0.15, 0.2) is 16.7 Å². The molecule has 0 unspecified atom stereocenters. The lowest BCUT2D eigenvalue weighted by atomic mass is 10.1. The molecule has 1 aromatic heterocycles. The number of aromatic nitrogens is 2. The molecule has 40 heavy (non-hydrogen) atoms. The fourth-order valence-corrected chi connectivity index (χ4v) is 4.52. The number of nitrogens with one attached hydrogen (secondary N) is 2. The summed E-state index contributed by atoms with van der Waals surface area (Å²) in [5.41, 5.74) is 2.53. The highest BCUT2D eigenvalue weighted by Crippen LogP contribution is 2.37. The van der Waals surface area contributed by atoms with E-state index in [0.29, 0.717) is 55.9 Å². The van der Waals surface area contributed by atoms with Crippen molar-refractivity contribution in [1.29, 1.82) is 5.26 Å². The first-order chi connectivity index (χ1) is 19.3. The van der Waals surface area contributed by atoms with Gasteiger partial charge in [-0.2, -0.15) is 5.26 Å². The average Bonchev–Trinajstić information content (AvgIpc) is 2.96. The highest BCUT2D eigenvalue weighted by atomic mass is 32.2. The van der Waals surface area contributed by atoms with E-state index in [-0.39, 0.29) is 17.3 Å². The number of nitrogens with zero attached hydrogens (tertiary/aromatic N) is 3. The lowest BCUT2D eigenvalue weighted by molar-refractivity contribution is -0.113. The van der Waals surface area contributed by atoms with Crippen molar-refractivity contribution in [3.05, 3.63) is 71.6 Å². The van der Waals surface area contributed by atoms with Gasteiger partial charge in [-0.05, 0) is 66.6 Å². The molecular formula is C29H26FN5O4S. The van der Waals surface area contributed by atoms with Crippen LogP contribution in [0.25, 0.3) is 17.0 Å². The summed E-state index contributed by atoms with van der Waals surface area (Å²) < 4.78 is 31.2. The number of allylic oxidation sites excluding steroid dienone is 1. The van der Waals surface area contributed by atoms with E-state index in [1.165, 1.54) is 32.4 Å². The van der Waals surface area contributed by atoms with Crippen LogP contribution in [0, 0.1) is 24.1 Å². The number of fused-ring (bicyclic) bond motifs is 1. The Labute approximate surface area is 235 Å². The standard InChI is InChI=1S/C29H26FN5O4S/c1-17-12-18(6-5-11-31)13-22(30)27(17)34-28-21-14-24(38-3)25(39-4)15-23(21)33-29(35-28)40-16-26(36)32-19-7-9-20(37-2)10-8-19/h5-10,12-15H,16H2,1-4H3,(H,32,36)(H,33,34,35)/b6-5+. The third-order valence-electron chi connectivity index (χ3n) is 5.79. The molecule has 0 aliphatic rings. The molecule has 0 bridgehead atoms. The summed E-state index contributed by atoms with van der Waals surface area (Å²) in [7, 11) is 4.60. The number of nitriles is 1. The van der Waals surface area contributed by atoms with Gasteiger partial charge in [-0.15, -0.1) is 0 Å². The Morgan fingerprint density at radius 1 is 1.05 bits per heavy atom. The highest BCUT2D eigenvalue weighted by molar-refractivity contribution is 7.99. The Kier molecular flexibility index (Phi) is 9.04. The Balaban J connectivity index is 1.66. The predicted octanol–water partition coefficient (Wildman–Crippen LogP) is 6.11. The van der Waals surface area contributed by atoms with Crippen LogP contribution in [0.1, 0.15) is 11.1 Å². The number of hydrogen-bond donors (Lipinski definition) is 2. The maximum atomic E-state index is 15.2. The number of ether oxygens (including phenoxy) is 3. The second-order valence-electron chi connectivity index (χ2n) is 8.43. The fourth-order valence-electron chi connectivity index (χ4n) is 3.87. The number of carbonyl (C=O) groups is 1. The first kappa shape index (κ1) is 28.2. The van der Waals surface area contributed by atoms with Crippen molar-refractivity contribution in [2.45, 2.75) is 12.1 Å². The molecule has 9 nitrogen and oxygen atoms in total. The summed E-state index contributed by atoms with van der Waals surface area (Å²) in [5, 5.41) is 15.6. The van der Waals surface area contributed by atoms with Gasteiger partial charge in [-0.25, -0.2) is 14.4 Å². The lowest BCUT2D eigenvalue weighted by Gasteiger charge is -2.16. The summed E-state index contributed by atoms with van der Waals surface area (Å²) in [6, 6.07) is 15.4. The number of amides is 1. The SMILES string of the molecule is COc1ccc(NC(=O)CSc2nc(Nc3c(C)cc(/C=C/C#N)cc3F)c3cc(OC)c(OC)cc3n2)cc1. The largest absolute Gasteiger partial charge is 0.497 e. The molecule has 1 heterocycles. The number of benzene rings is 3. The molecule has 204 valence electrons. The maximum Gasteiger partial charge on any atom is 0.234 e. The van der Waals surface area contributed by atoms with Crippen molar-refractivity contribution < 1.29 is 23.4 Å². The molecule has 0 saturated carbocycles. The predicted molar refractivity (Wildman–Crippen MR) is 154 cm³/mol. The third kappa shape index (κ3) is 6.59. The van der Waals surface area contributed by atoms with Crippen molar-refractivity contribution in [3.8, 4) is 23.3 Å². The maximum absolute atomic E-state index is 15.2. The van der Waals surface area contributed by atoms with Crippen LogP contribution >= 0.6 is 11.8 Å². The van der Waals surface area contributed by atoms with Crippen molar-refractivity contribution >= 4 is 51.8 Å². The quantitative estimate of drug-likeness (QED) is 0.135. The van der Waals surface area contributed by atoms with Gasteiger partial charge in [0.25, 0.3) is 0 Å². The molecule has 0 fully saturated rings. The molecule has 4 aromatic rings. The molecule has 0 aliphatic heterocycles. The number of rotatable bonds is 10. The Morgan fingerprint density at radius 2 is 1.77 bits per heavy atom. The van der Waals surface area contributed by atoms with Gasteiger partial charge in [-0.3, -0.25) is 4.79 Å². The number of thioether (sulfide) groups is 1. The van der Waals surface area contributed by atoms with Crippen LogP contribution in [-0.2, 0) is 4.79 Å². The molecule has 1 amide bonds. The van der Waals surface area contributed by atoms with Gasteiger partial charge in [0.1, 0.15) is 17.4 Å². The molecule has 0 aliphatic carbocycles. The number of hydrogen-bond acceptors (Lipinski definition) is 9. The van der Waals surface area contributed by atoms with Gasteiger partial charge in [-0.1, -0.05) is 11.8 Å². The van der Waals surface area contributed by atoms with Crippen LogP contribution in [0.4, 0.5) is 21.6 Å². The van der Waals surface area contributed by atoms with Gasteiger partial charge in [0.2, 0.25) is 5.91 Å². The van der Waals surface area contributed by atoms with Crippen LogP contribution in [0.5, 0.6) is 17.2 Å². The molecule has 2 N–H and O–H groups in total. The summed E-state index contributed by atoms with van der Waals surface area (Å²) in [4.78, 5) is 21.8.